The van der Waals surface area contributed by atoms with Gasteiger partial charge in [-0.1, -0.05) is 78.9 Å². The molecule has 52 heavy (non-hydrogen) atoms. The maximum atomic E-state index is 13.6. The monoisotopic (exact) mass is 727 g/mol. The van der Waals surface area contributed by atoms with Crippen LogP contribution in [0.25, 0.3) is 0 Å². The maximum Gasteiger partial charge on any atom is 0.326 e. The number of ether oxygens (including phenoxy) is 1. The van der Waals surface area contributed by atoms with E-state index >= 15 is 0 Å². The largest absolute Gasteiger partial charge is 0.485 e. The van der Waals surface area contributed by atoms with Gasteiger partial charge in [-0.25, -0.2) is 4.79 Å². The zero-order chi connectivity index (χ0) is 38.6. The molecule has 0 spiro atoms. The fourth-order valence-electron chi connectivity index (χ4n) is 6.13. The van der Waals surface area contributed by atoms with E-state index < -0.39 is 65.9 Å². The normalized spacial score (nSPS) is 18.8. The van der Waals surface area contributed by atoms with E-state index in [1.807, 2.05) is 32.0 Å². The van der Waals surface area contributed by atoms with Crippen LogP contribution in [0.15, 0.2) is 78.9 Å². The SMILES string of the molecule is Cc1cccc(C)c1OCC(=O)CC(Cc1ccccc1)C(O)CC(NC(=O)C(C)N1C(=O)NC(O)(O)C(O)(O)C1(O)O)C(O)(O)c1ccccc1. The van der Waals surface area contributed by atoms with Crippen molar-refractivity contribution in [1.82, 2.24) is 15.5 Å². The first-order valence-corrected chi connectivity index (χ1v) is 16.4. The molecule has 11 N–H and O–H groups in total. The van der Waals surface area contributed by atoms with E-state index in [2.05, 4.69) is 5.32 Å². The Bertz CT molecular complexity index is 1700. The molecule has 1 fully saturated rings. The Morgan fingerprint density at radius 3 is 2.02 bits per heavy atom. The quantitative estimate of drug-likeness (QED) is 0.0836. The number of urea groups is 1. The molecule has 1 aliphatic heterocycles. The molecular formula is C36H45N3O13. The van der Waals surface area contributed by atoms with Crippen LogP contribution in [0.4, 0.5) is 4.79 Å². The van der Waals surface area contributed by atoms with Crippen molar-refractivity contribution in [2.75, 3.05) is 6.61 Å². The van der Waals surface area contributed by atoms with E-state index in [0.29, 0.717) is 5.75 Å². The van der Waals surface area contributed by atoms with Gasteiger partial charge in [0.1, 0.15) is 18.4 Å². The van der Waals surface area contributed by atoms with Gasteiger partial charge in [0.25, 0.3) is 0 Å². The summed E-state index contributed by atoms with van der Waals surface area (Å²) in [6.07, 6.45) is -2.20. The molecule has 0 saturated carbocycles. The number of para-hydroxylation sites is 1. The second kappa shape index (κ2) is 15.6. The van der Waals surface area contributed by atoms with Gasteiger partial charge in [-0.15, -0.1) is 0 Å². The van der Waals surface area contributed by atoms with Crippen LogP contribution in [0.3, 0.4) is 0 Å². The summed E-state index contributed by atoms with van der Waals surface area (Å²) in [6, 6.07) is 16.0. The highest BCUT2D eigenvalue weighted by Gasteiger charge is 2.71. The number of Topliss-reactive ketones (excluding diaryl/α,β-unsaturated/α-hetero) is 1. The molecule has 0 aromatic heterocycles. The lowest BCUT2D eigenvalue weighted by atomic mass is 9.84. The first-order chi connectivity index (χ1) is 24.2. The van der Waals surface area contributed by atoms with Crippen LogP contribution in [0.5, 0.6) is 5.75 Å². The third kappa shape index (κ3) is 8.42. The predicted octanol–water partition coefficient (Wildman–Crippen LogP) is -1.05. The third-order valence-corrected chi connectivity index (χ3v) is 9.20. The van der Waals surface area contributed by atoms with Crippen LogP contribution in [0, 0.1) is 19.8 Å². The Kier molecular flexibility index (Phi) is 12.1. The molecule has 0 bridgehead atoms. The number of benzene rings is 3. The lowest BCUT2D eigenvalue weighted by Gasteiger charge is -2.52. The highest BCUT2D eigenvalue weighted by molar-refractivity contribution is 5.88. The molecule has 0 aliphatic carbocycles. The molecule has 1 aliphatic rings. The third-order valence-electron chi connectivity index (χ3n) is 9.20. The van der Waals surface area contributed by atoms with Crippen LogP contribution < -0.4 is 15.4 Å². The number of aliphatic hydroxyl groups excluding tert-OH is 1. The van der Waals surface area contributed by atoms with E-state index in [-0.39, 0.29) is 35.7 Å². The van der Waals surface area contributed by atoms with Crippen LogP contribution in [-0.2, 0) is 21.8 Å². The summed E-state index contributed by atoms with van der Waals surface area (Å²) in [5.41, 5.74) is 2.25. The first-order valence-electron chi connectivity index (χ1n) is 16.4. The second-order valence-electron chi connectivity index (χ2n) is 13.1. The van der Waals surface area contributed by atoms with E-state index in [0.717, 1.165) is 23.6 Å². The second-order valence-corrected chi connectivity index (χ2v) is 13.1. The first kappa shape index (κ1) is 40.3. The fraction of sp³-hybridized carbons (Fsp3) is 0.417. The van der Waals surface area contributed by atoms with Crippen molar-refractivity contribution < 1.29 is 65.1 Å². The van der Waals surface area contributed by atoms with Gasteiger partial charge >= 0.3 is 23.6 Å². The topological polar surface area (TPSA) is 270 Å². The summed E-state index contributed by atoms with van der Waals surface area (Å²) < 4.78 is 5.83. The number of hydrogen-bond donors (Lipinski definition) is 11. The standard InChI is InChI=1S/C36H45N3O13/c1-21-11-10-12-22(2)30(21)52-20-27(40)18-25(17-24-13-6-4-7-14-24)28(41)19-29(33(44,45)26-15-8-5-9-16-26)37-31(42)23(3)39-32(43)38-35(48,49)34(46,47)36(39,50)51/h4-16,23,25,28-29,41,44-51H,17-20H2,1-3H3,(H,37,42)(H,38,43). The van der Waals surface area contributed by atoms with Crippen LogP contribution >= 0.6 is 0 Å². The van der Waals surface area contributed by atoms with Gasteiger partial charge in [-0.05, 0) is 56.2 Å². The Hall–Kier alpha value is -4.49. The smallest absolute Gasteiger partial charge is 0.326 e. The zero-order valence-electron chi connectivity index (χ0n) is 28.7. The number of ketones is 1. The summed E-state index contributed by atoms with van der Waals surface area (Å²) in [5, 5.41) is 99.1. The highest BCUT2D eigenvalue weighted by atomic mass is 16.7. The summed E-state index contributed by atoms with van der Waals surface area (Å²) in [7, 11) is 0. The molecule has 3 amide bonds. The van der Waals surface area contributed by atoms with E-state index in [9.17, 15) is 60.3 Å². The molecule has 0 radical (unpaired) electrons. The van der Waals surface area contributed by atoms with Crippen LogP contribution in [0.1, 0.15) is 42.0 Å². The van der Waals surface area contributed by atoms with Gasteiger partial charge in [0.15, 0.2) is 5.78 Å². The summed E-state index contributed by atoms with van der Waals surface area (Å²) in [5.74, 6) is -17.4. The average Bonchev–Trinajstić information content (AvgIpc) is 3.07. The number of carbonyl (C=O) groups is 3. The van der Waals surface area contributed by atoms with E-state index in [4.69, 9.17) is 4.74 Å². The Balaban J connectivity index is 1.62. The van der Waals surface area contributed by atoms with E-state index in [1.54, 1.807) is 36.4 Å². The molecular weight excluding hydrogens is 682 g/mol. The van der Waals surface area contributed by atoms with E-state index in [1.165, 1.54) is 29.6 Å². The van der Waals surface area contributed by atoms with Gasteiger partial charge in [0.2, 0.25) is 11.7 Å². The van der Waals surface area contributed by atoms with Gasteiger partial charge < -0.3 is 56.0 Å². The molecule has 4 rings (SSSR count). The van der Waals surface area contributed by atoms with Gasteiger partial charge in [-0.3, -0.25) is 19.8 Å². The molecule has 16 heteroatoms. The molecule has 1 saturated heterocycles. The fourth-order valence-corrected chi connectivity index (χ4v) is 6.13. The zero-order valence-corrected chi connectivity index (χ0v) is 28.7. The summed E-state index contributed by atoms with van der Waals surface area (Å²) in [4.78, 5) is 39.4. The average molecular weight is 728 g/mol. The Morgan fingerprint density at radius 2 is 1.44 bits per heavy atom. The maximum absolute atomic E-state index is 13.6. The van der Waals surface area contributed by atoms with Crippen molar-refractivity contribution >= 4 is 17.7 Å². The van der Waals surface area contributed by atoms with Crippen molar-refractivity contribution in [2.45, 2.75) is 81.6 Å². The molecule has 3 aromatic rings. The minimum Gasteiger partial charge on any atom is -0.485 e. The summed E-state index contributed by atoms with van der Waals surface area (Å²) >= 11 is 0. The van der Waals surface area contributed by atoms with Gasteiger partial charge in [-0.2, -0.15) is 0 Å². The van der Waals surface area contributed by atoms with Crippen LogP contribution in [-0.4, -0.2) is 111 Å². The van der Waals surface area contributed by atoms with Crippen LogP contribution in [0.2, 0.25) is 0 Å². The van der Waals surface area contributed by atoms with Crippen molar-refractivity contribution in [3.8, 4) is 5.75 Å². The lowest BCUT2D eigenvalue weighted by molar-refractivity contribution is -0.495. The molecule has 1 heterocycles. The predicted molar refractivity (Wildman–Crippen MR) is 181 cm³/mol. The van der Waals surface area contributed by atoms with Gasteiger partial charge in [0.05, 0.1) is 12.1 Å². The molecule has 282 valence electrons. The van der Waals surface area contributed by atoms with Crippen molar-refractivity contribution in [1.29, 1.82) is 0 Å². The number of carbonyl (C=O) groups excluding carboxylic acids is 3. The van der Waals surface area contributed by atoms with Crippen molar-refractivity contribution in [3.63, 3.8) is 0 Å². The minimum atomic E-state index is -4.27. The molecule has 4 atom stereocenters. The van der Waals surface area contributed by atoms with Gasteiger partial charge in [0, 0.05) is 12.0 Å². The van der Waals surface area contributed by atoms with Crippen molar-refractivity contribution in [2.24, 2.45) is 5.92 Å². The number of amides is 3. The lowest BCUT2D eigenvalue weighted by Crippen LogP contribution is -2.86. The number of hydrogen-bond acceptors (Lipinski definition) is 13. The number of nitrogens with one attached hydrogen (secondary N) is 2. The number of nitrogens with zero attached hydrogens (tertiary/aromatic N) is 1. The van der Waals surface area contributed by atoms with Crippen molar-refractivity contribution in [3.05, 3.63) is 101 Å². The number of rotatable bonds is 15. The summed E-state index contributed by atoms with van der Waals surface area (Å²) in [6.45, 7) is 4.24. The Morgan fingerprint density at radius 1 is 0.885 bits per heavy atom. The molecule has 4 unspecified atom stereocenters. The molecule has 16 nitrogen and oxygen atoms in total. The highest BCUT2D eigenvalue weighted by Crippen LogP contribution is 2.35. The minimum absolute atomic E-state index is 0.137. The molecule has 3 aromatic carbocycles. The number of aliphatic hydroxyl groups is 9. The Labute approximate surface area is 299 Å². The number of aryl methyl sites for hydroxylation is 2.